The van der Waals surface area contributed by atoms with Crippen molar-refractivity contribution >= 4 is 11.6 Å². The van der Waals surface area contributed by atoms with Crippen molar-refractivity contribution in [2.75, 3.05) is 32.1 Å². The molecule has 0 bridgehead atoms. The van der Waals surface area contributed by atoms with E-state index in [1.165, 1.54) is 0 Å². The van der Waals surface area contributed by atoms with Crippen LogP contribution >= 0.6 is 0 Å². The molecule has 1 amide bonds. The van der Waals surface area contributed by atoms with Crippen molar-refractivity contribution in [3.05, 3.63) is 47.8 Å². The van der Waals surface area contributed by atoms with Crippen LogP contribution < -0.4 is 9.64 Å². The third kappa shape index (κ3) is 3.10. The first-order valence-corrected chi connectivity index (χ1v) is 7.98. The number of nitrogens with one attached hydrogen (secondary N) is 1. The molecule has 0 aliphatic carbocycles. The number of carbonyl (C=O) groups is 1. The van der Waals surface area contributed by atoms with E-state index in [-0.39, 0.29) is 12.0 Å². The molecule has 1 unspecified atom stereocenters. The van der Waals surface area contributed by atoms with Crippen LogP contribution in [0.15, 0.2) is 36.5 Å². The van der Waals surface area contributed by atoms with Crippen LogP contribution in [0.5, 0.6) is 5.75 Å². The van der Waals surface area contributed by atoms with Crippen molar-refractivity contribution in [1.29, 1.82) is 0 Å². The van der Waals surface area contributed by atoms with Gasteiger partial charge >= 0.3 is 0 Å². The van der Waals surface area contributed by atoms with Gasteiger partial charge in [0.25, 0.3) is 5.91 Å². The first kappa shape index (κ1) is 15.6. The van der Waals surface area contributed by atoms with Gasteiger partial charge < -0.3 is 19.5 Å². The van der Waals surface area contributed by atoms with Gasteiger partial charge in [-0.2, -0.15) is 0 Å². The van der Waals surface area contributed by atoms with E-state index in [0.29, 0.717) is 6.54 Å². The number of hydrogen-bond acceptors (Lipinski definition) is 3. The first-order valence-electron chi connectivity index (χ1n) is 7.98. The SMILES string of the molecule is CCc1[nH]ccc1C(=O)N1CC(CN(C)C)Oc2ccccc21. The lowest BCUT2D eigenvalue weighted by molar-refractivity contribution is 0.0940. The molecule has 1 aliphatic heterocycles. The van der Waals surface area contributed by atoms with Gasteiger partial charge in [-0.05, 0) is 38.7 Å². The van der Waals surface area contributed by atoms with E-state index in [1.54, 1.807) is 0 Å². The maximum Gasteiger partial charge on any atom is 0.260 e. The number of aromatic nitrogens is 1. The molecule has 122 valence electrons. The maximum absolute atomic E-state index is 13.1. The molecule has 0 saturated carbocycles. The summed E-state index contributed by atoms with van der Waals surface area (Å²) in [6.45, 7) is 3.37. The Labute approximate surface area is 136 Å². The lowest BCUT2D eigenvalue weighted by Crippen LogP contribution is -2.47. The zero-order valence-electron chi connectivity index (χ0n) is 13.9. The van der Waals surface area contributed by atoms with Crippen molar-refractivity contribution in [3.8, 4) is 5.75 Å². The summed E-state index contributed by atoms with van der Waals surface area (Å²) in [6.07, 6.45) is 2.60. The first-order chi connectivity index (χ1) is 11.1. The van der Waals surface area contributed by atoms with Gasteiger partial charge in [0.1, 0.15) is 11.9 Å². The molecule has 0 spiro atoms. The van der Waals surface area contributed by atoms with Crippen LogP contribution in [-0.2, 0) is 6.42 Å². The third-order valence-electron chi connectivity index (χ3n) is 4.07. The number of ether oxygens (including phenoxy) is 1. The number of rotatable bonds is 4. The number of fused-ring (bicyclic) bond motifs is 1. The number of anilines is 1. The van der Waals surface area contributed by atoms with E-state index in [9.17, 15) is 4.79 Å². The highest BCUT2D eigenvalue weighted by atomic mass is 16.5. The zero-order valence-corrected chi connectivity index (χ0v) is 13.9. The summed E-state index contributed by atoms with van der Waals surface area (Å²) in [5.74, 6) is 0.801. The van der Waals surface area contributed by atoms with Gasteiger partial charge in [-0.1, -0.05) is 19.1 Å². The van der Waals surface area contributed by atoms with Gasteiger partial charge in [-0.25, -0.2) is 0 Å². The Morgan fingerprint density at radius 2 is 2.13 bits per heavy atom. The van der Waals surface area contributed by atoms with Crippen molar-refractivity contribution in [2.24, 2.45) is 0 Å². The lowest BCUT2D eigenvalue weighted by Gasteiger charge is -2.36. The summed E-state index contributed by atoms with van der Waals surface area (Å²) in [5.41, 5.74) is 2.56. The van der Waals surface area contributed by atoms with Crippen molar-refractivity contribution < 1.29 is 9.53 Å². The fourth-order valence-corrected chi connectivity index (χ4v) is 3.04. The van der Waals surface area contributed by atoms with Gasteiger partial charge in [0, 0.05) is 18.4 Å². The van der Waals surface area contributed by atoms with Gasteiger partial charge in [-0.15, -0.1) is 0 Å². The lowest BCUT2D eigenvalue weighted by atomic mass is 10.1. The summed E-state index contributed by atoms with van der Waals surface area (Å²) < 4.78 is 6.05. The Kier molecular flexibility index (Phi) is 4.39. The number of aryl methyl sites for hydroxylation is 1. The Bertz CT molecular complexity index is 693. The second kappa shape index (κ2) is 6.46. The van der Waals surface area contributed by atoms with Crippen molar-refractivity contribution in [2.45, 2.75) is 19.4 Å². The van der Waals surface area contributed by atoms with E-state index >= 15 is 0 Å². The summed E-state index contributed by atoms with van der Waals surface area (Å²) in [5, 5.41) is 0. The molecule has 1 aliphatic rings. The molecule has 1 atom stereocenters. The van der Waals surface area contributed by atoms with E-state index in [2.05, 4.69) is 9.88 Å². The fourth-order valence-electron chi connectivity index (χ4n) is 3.04. The van der Waals surface area contributed by atoms with Crippen LogP contribution in [0.1, 0.15) is 23.0 Å². The Morgan fingerprint density at radius 3 is 2.87 bits per heavy atom. The summed E-state index contributed by atoms with van der Waals surface area (Å²) in [7, 11) is 4.02. The quantitative estimate of drug-likeness (QED) is 0.943. The topological polar surface area (TPSA) is 48.6 Å². The second-order valence-corrected chi connectivity index (χ2v) is 6.11. The second-order valence-electron chi connectivity index (χ2n) is 6.11. The largest absolute Gasteiger partial charge is 0.485 e. The van der Waals surface area contributed by atoms with Crippen molar-refractivity contribution in [1.82, 2.24) is 9.88 Å². The minimum absolute atomic E-state index is 0.0302. The van der Waals surface area contributed by atoms with Gasteiger partial charge in [0.2, 0.25) is 0 Å². The smallest absolute Gasteiger partial charge is 0.260 e. The minimum atomic E-state index is -0.0344. The van der Waals surface area contributed by atoms with Gasteiger partial charge in [-0.3, -0.25) is 4.79 Å². The highest BCUT2D eigenvalue weighted by molar-refractivity contribution is 6.08. The molecule has 23 heavy (non-hydrogen) atoms. The van der Waals surface area contributed by atoms with Crippen LogP contribution in [0.25, 0.3) is 0 Å². The number of hydrogen-bond donors (Lipinski definition) is 1. The van der Waals surface area contributed by atoms with E-state index in [0.717, 1.165) is 35.7 Å². The molecular weight excluding hydrogens is 290 g/mol. The molecule has 5 nitrogen and oxygen atoms in total. The van der Waals surface area contributed by atoms with E-state index in [4.69, 9.17) is 4.74 Å². The van der Waals surface area contributed by atoms with Crippen LogP contribution in [0.4, 0.5) is 5.69 Å². The number of amides is 1. The van der Waals surface area contributed by atoms with Gasteiger partial charge in [0.15, 0.2) is 0 Å². The Hall–Kier alpha value is -2.27. The number of nitrogens with zero attached hydrogens (tertiary/aromatic N) is 2. The monoisotopic (exact) mass is 313 g/mol. The number of likely N-dealkylation sites (N-methyl/N-ethyl adjacent to an activating group) is 1. The number of H-pyrrole nitrogens is 1. The maximum atomic E-state index is 13.1. The summed E-state index contributed by atoms with van der Waals surface area (Å²) in [6, 6.07) is 9.60. The number of carbonyl (C=O) groups excluding carboxylic acids is 1. The fraction of sp³-hybridized carbons (Fsp3) is 0.389. The van der Waals surface area contributed by atoms with Crippen LogP contribution in [-0.4, -0.2) is 49.1 Å². The van der Waals surface area contributed by atoms with E-state index in [1.807, 2.05) is 62.4 Å². The van der Waals surface area contributed by atoms with Gasteiger partial charge in [0.05, 0.1) is 17.8 Å². The predicted molar refractivity (Wildman–Crippen MR) is 91.3 cm³/mol. The molecule has 3 rings (SSSR count). The Morgan fingerprint density at radius 1 is 1.35 bits per heavy atom. The van der Waals surface area contributed by atoms with Crippen LogP contribution in [0.3, 0.4) is 0 Å². The molecule has 0 fully saturated rings. The molecule has 2 aromatic rings. The minimum Gasteiger partial charge on any atom is -0.485 e. The summed E-state index contributed by atoms with van der Waals surface area (Å²) in [4.78, 5) is 20.1. The highest BCUT2D eigenvalue weighted by Gasteiger charge is 2.31. The standard InChI is InChI=1S/C18H23N3O2/c1-4-15-14(9-10-19-15)18(22)21-12-13(11-20(2)3)23-17-8-6-5-7-16(17)21/h5-10,13,19H,4,11-12H2,1-3H3. The number of aromatic amines is 1. The normalized spacial score (nSPS) is 17.0. The average molecular weight is 313 g/mol. The predicted octanol–water partition coefficient (Wildman–Crippen LogP) is 2.55. The molecule has 0 radical (unpaired) electrons. The summed E-state index contributed by atoms with van der Waals surface area (Å²) >= 11 is 0. The number of para-hydroxylation sites is 2. The van der Waals surface area contributed by atoms with Crippen molar-refractivity contribution in [3.63, 3.8) is 0 Å². The highest BCUT2D eigenvalue weighted by Crippen LogP contribution is 2.34. The molecule has 0 saturated heterocycles. The molecule has 1 N–H and O–H groups in total. The molecule has 2 heterocycles. The average Bonchev–Trinajstić information content (AvgIpc) is 3.01. The number of benzene rings is 1. The third-order valence-corrected chi connectivity index (χ3v) is 4.07. The molecule has 1 aromatic carbocycles. The molecular formula is C18H23N3O2. The van der Waals surface area contributed by atoms with E-state index < -0.39 is 0 Å². The molecule has 5 heteroatoms. The Balaban J connectivity index is 1.94. The molecule has 1 aromatic heterocycles. The van der Waals surface area contributed by atoms with Crippen LogP contribution in [0, 0.1) is 0 Å². The zero-order chi connectivity index (χ0) is 16.4. The van der Waals surface area contributed by atoms with Crippen LogP contribution in [0.2, 0.25) is 0 Å².